The summed E-state index contributed by atoms with van der Waals surface area (Å²) in [5.41, 5.74) is 0. The molecule has 5 heteroatoms. The van der Waals surface area contributed by atoms with Crippen molar-refractivity contribution in [2.75, 3.05) is 32.9 Å². The van der Waals surface area contributed by atoms with Gasteiger partial charge in [-0.05, 0) is 51.1 Å². The lowest BCUT2D eigenvalue weighted by molar-refractivity contribution is 0.224. The van der Waals surface area contributed by atoms with E-state index in [1.54, 1.807) is 4.31 Å². The van der Waals surface area contributed by atoms with E-state index in [9.17, 15) is 8.42 Å². The number of rotatable bonds is 7. The van der Waals surface area contributed by atoms with E-state index in [4.69, 9.17) is 0 Å². The van der Waals surface area contributed by atoms with Crippen LogP contribution in [0.1, 0.15) is 39.0 Å². The highest BCUT2D eigenvalue weighted by molar-refractivity contribution is 7.88. The van der Waals surface area contributed by atoms with E-state index in [-0.39, 0.29) is 0 Å². The van der Waals surface area contributed by atoms with Crippen LogP contribution in [0.2, 0.25) is 0 Å². The predicted molar refractivity (Wildman–Crippen MR) is 76.1 cm³/mol. The van der Waals surface area contributed by atoms with Crippen LogP contribution < -0.4 is 5.32 Å². The fraction of sp³-hybridized carbons (Fsp3) is 1.00. The minimum absolute atomic E-state index is 0.540. The van der Waals surface area contributed by atoms with E-state index in [0.717, 1.165) is 25.9 Å². The summed E-state index contributed by atoms with van der Waals surface area (Å²) in [5.74, 6) is 1.22. The van der Waals surface area contributed by atoms with Crippen molar-refractivity contribution >= 4 is 10.0 Å². The molecule has 1 aliphatic heterocycles. The van der Waals surface area contributed by atoms with Crippen molar-refractivity contribution in [3.63, 3.8) is 0 Å². The molecule has 2 atom stereocenters. The summed E-state index contributed by atoms with van der Waals surface area (Å²) in [7, 11) is -1.01. The molecule has 0 aromatic carbocycles. The molecular weight excluding hydrogens is 248 g/mol. The van der Waals surface area contributed by atoms with E-state index in [2.05, 4.69) is 12.2 Å². The van der Waals surface area contributed by atoms with Crippen molar-refractivity contribution in [2.45, 2.75) is 39.0 Å². The normalized spacial score (nSPS) is 24.1. The molecular formula is C13H28N2O2S. The summed E-state index contributed by atoms with van der Waals surface area (Å²) in [6.45, 7) is 4.69. The van der Waals surface area contributed by atoms with Crippen molar-refractivity contribution in [2.24, 2.45) is 11.8 Å². The molecule has 2 unspecified atom stereocenters. The SMILES string of the molecule is CCCC(CNC)CC1CCCN(S(C)(=O)=O)C1. The van der Waals surface area contributed by atoms with Crippen molar-refractivity contribution in [3.05, 3.63) is 0 Å². The molecule has 0 aromatic rings. The Kier molecular flexibility index (Phi) is 6.60. The van der Waals surface area contributed by atoms with E-state index in [1.165, 1.54) is 25.5 Å². The van der Waals surface area contributed by atoms with Crippen molar-refractivity contribution in [3.8, 4) is 0 Å². The Labute approximate surface area is 112 Å². The molecule has 0 aromatic heterocycles. The second-order valence-corrected chi connectivity index (χ2v) is 7.56. The molecule has 1 heterocycles. The van der Waals surface area contributed by atoms with E-state index in [0.29, 0.717) is 18.4 Å². The second kappa shape index (κ2) is 7.46. The van der Waals surface area contributed by atoms with Crippen LogP contribution in [-0.4, -0.2) is 45.7 Å². The number of hydrogen-bond donors (Lipinski definition) is 1. The minimum Gasteiger partial charge on any atom is -0.319 e. The van der Waals surface area contributed by atoms with Crippen LogP contribution in [0.4, 0.5) is 0 Å². The molecule has 0 aliphatic carbocycles. The average molecular weight is 276 g/mol. The van der Waals surface area contributed by atoms with Gasteiger partial charge >= 0.3 is 0 Å². The van der Waals surface area contributed by atoms with E-state index < -0.39 is 10.0 Å². The van der Waals surface area contributed by atoms with E-state index >= 15 is 0 Å². The molecule has 4 nitrogen and oxygen atoms in total. The Morgan fingerprint density at radius 2 is 2.17 bits per heavy atom. The lowest BCUT2D eigenvalue weighted by Gasteiger charge is -2.33. The predicted octanol–water partition coefficient (Wildman–Crippen LogP) is 1.68. The number of hydrogen-bond acceptors (Lipinski definition) is 3. The van der Waals surface area contributed by atoms with Crippen LogP contribution in [0.15, 0.2) is 0 Å². The first-order valence-corrected chi connectivity index (χ1v) is 8.92. The lowest BCUT2D eigenvalue weighted by Crippen LogP contribution is -2.40. The molecule has 0 radical (unpaired) electrons. The summed E-state index contributed by atoms with van der Waals surface area (Å²) in [6, 6.07) is 0. The number of nitrogens with one attached hydrogen (secondary N) is 1. The average Bonchev–Trinajstić information content (AvgIpc) is 2.29. The van der Waals surface area contributed by atoms with Gasteiger partial charge in [0.05, 0.1) is 6.26 Å². The fourth-order valence-corrected chi connectivity index (χ4v) is 3.93. The molecule has 0 amide bonds. The highest BCUT2D eigenvalue weighted by Crippen LogP contribution is 2.26. The first-order valence-electron chi connectivity index (χ1n) is 7.07. The lowest BCUT2D eigenvalue weighted by atomic mass is 9.87. The molecule has 1 N–H and O–H groups in total. The smallest absolute Gasteiger partial charge is 0.211 e. The molecule has 18 heavy (non-hydrogen) atoms. The Balaban J connectivity index is 2.50. The molecule has 0 bridgehead atoms. The van der Waals surface area contributed by atoms with E-state index in [1.807, 2.05) is 7.05 Å². The van der Waals surface area contributed by atoms with Crippen LogP contribution >= 0.6 is 0 Å². The van der Waals surface area contributed by atoms with Crippen LogP contribution in [0.3, 0.4) is 0 Å². The Bertz CT molecular complexity index is 324. The second-order valence-electron chi connectivity index (χ2n) is 5.58. The zero-order valence-corrected chi connectivity index (χ0v) is 12.8. The van der Waals surface area contributed by atoms with Gasteiger partial charge in [0.25, 0.3) is 0 Å². The van der Waals surface area contributed by atoms with Gasteiger partial charge in [-0.15, -0.1) is 0 Å². The van der Waals surface area contributed by atoms with Crippen molar-refractivity contribution in [1.82, 2.24) is 9.62 Å². The zero-order valence-electron chi connectivity index (χ0n) is 12.0. The zero-order chi connectivity index (χ0) is 13.6. The largest absolute Gasteiger partial charge is 0.319 e. The van der Waals surface area contributed by atoms with Crippen molar-refractivity contribution in [1.29, 1.82) is 0 Å². The maximum atomic E-state index is 11.6. The molecule has 1 aliphatic rings. The summed E-state index contributed by atoms with van der Waals surface area (Å²) < 4.78 is 24.8. The summed E-state index contributed by atoms with van der Waals surface area (Å²) in [5, 5.41) is 3.25. The topological polar surface area (TPSA) is 49.4 Å². The Morgan fingerprint density at radius 1 is 1.44 bits per heavy atom. The van der Waals surface area contributed by atoms with Gasteiger partial charge in [-0.1, -0.05) is 13.3 Å². The number of nitrogens with zero attached hydrogens (tertiary/aromatic N) is 1. The van der Waals surface area contributed by atoms with Crippen LogP contribution in [-0.2, 0) is 10.0 Å². The first kappa shape index (κ1) is 15.9. The van der Waals surface area contributed by atoms with Crippen molar-refractivity contribution < 1.29 is 8.42 Å². The number of piperidine rings is 1. The Hall–Kier alpha value is -0.130. The molecule has 0 spiro atoms. The third-order valence-corrected chi connectivity index (χ3v) is 5.08. The van der Waals surface area contributed by atoms with Gasteiger partial charge in [-0.2, -0.15) is 0 Å². The van der Waals surface area contributed by atoms with Crippen LogP contribution in [0.25, 0.3) is 0 Å². The fourth-order valence-electron chi connectivity index (χ4n) is 2.99. The van der Waals surface area contributed by atoms with Gasteiger partial charge in [0.15, 0.2) is 0 Å². The highest BCUT2D eigenvalue weighted by Gasteiger charge is 2.27. The summed E-state index contributed by atoms with van der Waals surface area (Å²) >= 11 is 0. The quantitative estimate of drug-likeness (QED) is 0.770. The standard InChI is InChI=1S/C13H28N2O2S/c1-4-6-12(10-14-2)9-13-7-5-8-15(11-13)18(3,16)17/h12-14H,4-11H2,1-3H3. The van der Waals surface area contributed by atoms with Gasteiger partial charge in [-0.3, -0.25) is 0 Å². The Morgan fingerprint density at radius 3 is 2.72 bits per heavy atom. The van der Waals surface area contributed by atoms with Crippen LogP contribution in [0.5, 0.6) is 0 Å². The van der Waals surface area contributed by atoms with Gasteiger partial charge in [-0.25, -0.2) is 12.7 Å². The summed E-state index contributed by atoms with van der Waals surface area (Å²) in [4.78, 5) is 0. The molecule has 0 saturated carbocycles. The first-order chi connectivity index (χ1) is 8.47. The maximum Gasteiger partial charge on any atom is 0.211 e. The monoisotopic (exact) mass is 276 g/mol. The molecule has 1 rings (SSSR count). The van der Waals surface area contributed by atoms with Gasteiger partial charge in [0.1, 0.15) is 0 Å². The minimum atomic E-state index is -3.00. The third-order valence-electron chi connectivity index (χ3n) is 3.81. The number of sulfonamides is 1. The molecule has 1 saturated heterocycles. The van der Waals surface area contributed by atoms with Gasteiger partial charge in [0, 0.05) is 13.1 Å². The third kappa shape index (κ3) is 5.24. The van der Waals surface area contributed by atoms with Crippen LogP contribution in [0, 0.1) is 11.8 Å². The highest BCUT2D eigenvalue weighted by atomic mass is 32.2. The maximum absolute atomic E-state index is 11.6. The summed E-state index contributed by atoms with van der Waals surface area (Å²) in [6.07, 6.45) is 7.10. The molecule has 108 valence electrons. The van der Waals surface area contributed by atoms with Gasteiger partial charge < -0.3 is 5.32 Å². The van der Waals surface area contributed by atoms with Gasteiger partial charge in [0.2, 0.25) is 10.0 Å². The molecule has 1 fully saturated rings.